The van der Waals surface area contributed by atoms with Gasteiger partial charge in [-0.2, -0.15) is 0 Å². The SMILES string of the molecule is CC(=O)NC(C(=O)N(C)CC1(O)CCOCC1)C(C)C. The van der Waals surface area contributed by atoms with E-state index in [9.17, 15) is 14.7 Å². The molecule has 1 heterocycles. The summed E-state index contributed by atoms with van der Waals surface area (Å²) in [6, 6.07) is -0.555. The minimum atomic E-state index is -0.888. The zero-order valence-electron chi connectivity index (χ0n) is 12.8. The molecular weight excluding hydrogens is 260 g/mol. The molecule has 20 heavy (non-hydrogen) atoms. The number of rotatable bonds is 5. The molecule has 0 aromatic heterocycles. The highest BCUT2D eigenvalue weighted by molar-refractivity contribution is 5.87. The molecule has 0 aromatic rings. The van der Waals surface area contributed by atoms with Gasteiger partial charge in [-0.1, -0.05) is 13.8 Å². The number of hydrogen-bond donors (Lipinski definition) is 2. The van der Waals surface area contributed by atoms with E-state index >= 15 is 0 Å². The molecule has 1 aliphatic heterocycles. The van der Waals surface area contributed by atoms with Gasteiger partial charge in [-0.15, -0.1) is 0 Å². The van der Waals surface area contributed by atoms with E-state index in [1.807, 2.05) is 13.8 Å². The van der Waals surface area contributed by atoms with Crippen LogP contribution >= 0.6 is 0 Å². The van der Waals surface area contributed by atoms with E-state index in [0.717, 1.165) is 0 Å². The number of ether oxygens (including phenoxy) is 1. The summed E-state index contributed by atoms with van der Waals surface area (Å²) in [5, 5.41) is 13.1. The molecule has 6 nitrogen and oxygen atoms in total. The predicted molar refractivity (Wildman–Crippen MR) is 75.1 cm³/mol. The van der Waals surface area contributed by atoms with E-state index in [0.29, 0.717) is 26.1 Å². The van der Waals surface area contributed by atoms with Gasteiger partial charge >= 0.3 is 0 Å². The fourth-order valence-electron chi connectivity index (χ4n) is 2.40. The normalized spacial score (nSPS) is 19.5. The first-order valence-electron chi connectivity index (χ1n) is 7.07. The molecule has 0 saturated carbocycles. The molecule has 0 aliphatic carbocycles. The summed E-state index contributed by atoms with van der Waals surface area (Å²) >= 11 is 0. The van der Waals surface area contributed by atoms with E-state index in [2.05, 4.69) is 5.32 Å². The maximum Gasteiger partial charge on any atom is 0.245 e. The van der Waals surface area contributed by atoms with Gasteiger partial charge in [-0.3, -0.25) is 9.59 Å². The lowest BCUT2D eigenvalue weighted by molar-refractivity contribution is -0.141. The van der Waals surface area contributed by atoms with Gasteiger partial charge in [0, 0.05) is 46.6 Å². The number of amides is 2. The van der Waals surface area contributed by atoms with Crippen molar-refractivity contribution in [1.29, 1.82) is 0 Å². The minimum Gasteiger partial charge on any atom is -0.388 e. The lowest BCUT2D eigenvalue weighted by Gasteiger charge is -2.37. The molecule has 2 N–H and O–H groups in total. The Balaban J connectivity index is 2.66. The van der Waals surface area contributed by atoms with Crippen molar-refractivity contribution < 1.29 is 19.4 Å². The van der Waals surface area contributed by atoms with E-state index in [-0.39, 0.29) is 24.3 Å². The number of hydrogen-bond acceptors (Lipinski definition) is 4. The maximum atomic E-state index is 12.4. The first-order valence-corrected chi connectivity index (χ1v) is 7.07. The van der Waals surface area contributed by atoms with Crippen molar-refractivity contribution in [3.05, 3.63) is 0 Å². The number of carbonyl (C=O) groups excluding carboxylic acids is 2. The van der Waals surface area contributed by atoms with E-state index in [1.165, 1.54) is 11.8 Å². The number of nitrogens with one attached hydrogen (secondary N) is 1. The van der Waals surface area contributed by atoms with Crippen LogP contribution < -0.4 is 5.32 Å². The molecule has 1 fully saturated rings. The van der Waals surface area contributed by atoms with E-state index in [1.54, 1.807) is 7.05 Å². The Kier molecular flexibility index (Phi) is 5.95. The Morgan fingerprint density at radius 3 is 2.35 bits per heavy atom. The summed E-state index contributed by atoms with van der Waals surface area (Å²) < 4.78 is 5.22. The predicted octanol–water partition coefficient (Wildman–Crippen LogP) is 0.147. The van der Waals surface area contributed by atoms with Crippen molar-refractivity contribution in [2.45, 2.75) is 45.3 Å². The molecule has 6 heteroatoms. The van der Waals surface area contributed by atoms with Crippen LogP contribution in [0.3, 0.4) is 0 Å². The Labute approximate surface area is 120 Å². The van der Waals surface area contributed by atoms with Crippen LogP contribution in [0.2, 0.25) is 0 Å². The van der Waals surface area contributed by atoms with Gasteiger partial charge < -0.3 is 20.1 Å². The molecule has 0 radical (unpaired) electrons. The number of likely N-dealkylation sites (N-methyl/N-ethyl adjacent to an activating group) is 1. The fourth-order valence-corrected chi connectivity index (χ4v) is 2.40. The monoisotopic (exact) mass is 286 g/mol. The number of carbonyl (C=O) groups is 2. The van der Waals surface area contributed by atoms with Crippen LogP contribution in [-0.4, -0.2) is 60.3 Å². The molecule has 2 amide bonds. The van der Waals surface area contributed by atoms with Gasteiger partial charge in [0.2, 0.25) is 11.8 Å². The smallest absolute Gasteiger partial charge is 0.245 e. The Bertz CT molecular complexity index is 351. The highest BCUT2D eigenvalue weighted by Crippen LogP contribution is 2.21. The van der Waals surface area contributed by atoms with Gasteiger partial charge in [0.25, 0.3) is 0 Å². The lowest BCUT2D eigenvalue weighted by atomic mass is 9.93. The van der Waals surface area contributed by atoms with Crippen molar-refractivity contribution >= 4 is 11.8 Å². The zero-order chi connectivity index (χ0) is 15.3. The molecule has 1 aliphatic rings. The third-order valence-corrected chi connectivity index (χ3v) is 3.62. The van der Waals surface area contributed by atoms with Gasteiger partial charge in [-0.05, 0) is 5.92 Å². The standard InChI is InChI=1S/C14H26N2O4/c1-10(2)12(15-11(3)17)13(18)16(4)9-14(19)5-7-20-8-6-14/h10,12,19H,5-9H2,1-4H3,(H,15,17). The highest BCUT2D eigenvalue weighted by atomic mass is 16.5. The lowest BCUT2D eigenvalue weighted by Crippen LogP contribution is -2.54. The van der Waals surface area contributed by atoms with Crippen LogP contribution in [0, 0.1) is 5.92 Å². The van der Waals surface area contributed by atoms with Gasteiger partial charge in [-0.25, -0.2) is 0 Å². The topological polar surface area (TPSA) is 78.9 Å². The average Bonchev–Trinajstić information content (AvgIpc) is 2.34. The van der Waals surface area contributed by atoms with Crippen LogP contribution in [0.25, 0.3) is 0 Å². The van der Waals surface area contributed by atoms with Crippen molar-refractivity contribution in [3.8, 4) is 0 Å². The van der Waals surface area contributed by atoms with Gasteiger partial charge in [0.1, 0.15) is 6.04 Å². The first kappa shape index (κ1) is 16.9. The molecule has 1 atom stereocenters. The molecule has 0 spiro atoms. The number of nitrogens with zero attached hydrogens (tertiary/aromatic N) is 1. The number of aliphatic hydroxyl groups is 1. The second-order valence-electron chi connectivity index (χ2n) is 5.95. The quantitative estimate of drug-likeness (QED) is 0.754. The highest BCUT2D eigenvalue weighted by Gasteiger charge is 2.34. The van der Waals surface area contributed by atoms with Crippen LogP contribution in [-0.2, 0) is 14.3 Å². The van der Waals surface area contributed by atoms with Crippen molar-refractivity contribution in [1.82, 2.24) is 10.2 Å². The molecular formula is C14H26N2O4. The van der Waals surface area contributed by atoms with Crippen LogP contribution in [0.5, 0.6) is 0 Å². The second kappa shape index (κ2) is 7.04. The Morgan fingerprint density at radius 2 is 1.90 bits per heavy atom. The molecule has 116 valence electrons. The van der Waals surface area contributed by atoms with E-state index < -0.39 is 11.6 Å². The molecule has 1 saturated heterocycles. The third-order valence-electron chi connectivity index (χ3n) is 3.62. The fraction of sp³-hybridized carbons (Fsp3) is 0.857. The third kappa shape index (κ3) is 4.76. The summed E-state index contributed by atoms with van der Waals surface area (Å²) in [5.74, 6) is -0.400. The Morgan fingerprint density at radius 1 is 1.35 bits per heavy atom. The average molecular weight is 286 g/mol. The molecule has 0 aromatic carbocycles. The second-order valence-corrected chi connectivity index (χ2v) is 5.95. The van der Waals surface area contributed by atoms with Crippen LogP contribution in [0.1, 0.15) is 33.6 Å². The van der Waals surface area contributed by atoms with Crippen molar-refractivity contribution in [2.75, 3.05) is 26.8 Å². The summed E-state index contributed by atoms with van der Waals surface area (Å²) in [5.41, 5.74) is -0.888. The summed E-state index contributed by atoms with van der Waals surface area (Å²) in [6.45, 7) is 6.45. The minimum absolute atomic E-state index is 0.00168. The Hall–Kier alpha value is -1.14. The van der Waals surface area contributed by atoms with E-state index in [4.69, 9.17) is 4.74 Å². The van der Waals surface area contributed by atoms with Gasteiger partial charge in [0.05, 0.1) is 5.60 Å². The van der Waals surface area contributed by atoms with Crippen molar-refractivity contribution in [2.24, 2.45) is 5.92 Å². The largest absolute Gasteiger partial charge is 0.388 e. The summed E-state index contributed by atoms with van der Waals surface area (Å²) in [6.07, 6.45) is 1.05. The van der Waals surface area contributed by atoms with Crippen LogP contribution in [0.15, 0.2) is 0 Å². The van der Waals surface area contributed by atoms with Crippen LogP contribution in [0.4, 0.5) is 0 Å². The summed E-state index contributed by atoms with van der Waals surface area (Å²) in [7, 11) is 1.66. The zero-order valence-corrected chi connectivity index (χ0v) is 12.8. The van der Waals surface area contributed by atoms with Gasteiger partial charge in [0.15, 0.2) is 0 Å². The first-order chi connectivity index (χ1) is 9.25. The van der Waals surface area contributed by atoms with Crippen molar-refractivity contribution in [3.63, 3.8) is 0 Å². The summed E-state index contributed by atoms with van der Waals surface area (Å²) in [4.78, 5) is 25.1. The molecule has 0 bridgehead atoms. The maximum absolute atomic E-state index is 12.4. The molecule has 1 rings (SSSR count). The molecule has 1 unspecified atom stereocenters.